The number of carbonyl (C=O) groups excluding carboxylic acids is 1. The van der Waals surface area contributed by atoms with Crippen molar-refractivity contribution >= 4 is 11.7 Å². The van der Waals surface area contributed by atoms with Gasteiger partial charge >= 0.3 is 0 Å². The average molecular weight is 368 g/mol. The first-order valence-electron chi connectivity index (χ1n) is 9.37. The number of piperazine rings is 1. The third kappa shape index (κ3) is 4.13. The molecule has 0 spiro atoms. The van der Waals surface area contributed by atoms with Gasteiger partial charge in [0.15, 0.2) is 23.9 Å². The van der Waals surface area contributed by atoms with E-state index in [1.54, 1.807) is 13.2 Å². The van der Waals surface area contributed by atoms with Gasteiger partial charge in [0.1, 0.15) is 0 Å². The summed E-state index contributed by atoms with van der Waals surface area (Å²) >= 11 is 0. The van der Waals surface area contributed by atoms with Crippen LogP contribution in [-0.4, -0.2) is 60.9 Å². The minimum atomic E-state index is -0.0179. The van der Waals surface area contributed by atoms with Crippen LogP contribution in [0.2, 0.25) is 0 Å². The fraction of sp³-hybridized carbons (Fsp3) is 0.450. The Labute approximate surface area is 158 Å². The third-order valence-corrected chi connectivity index (χ3v) is 5.04. The predicted octanol–water partition coefficient (Wildman–Crippen LogP) is 2.09. The van der Waals surface area contributed by atoms with Gasteiger partial charge in [-0.15, -0.1) is 5.10 Å². The van der Waals surface area contributed by atoms with Crippen LogP contribution in [-0.2, 0) is 4.79 Å². The lowest BCUT2D eigenvalue weighted by Crippen LogP contribution is -2.50. The van der Waals surface area contributed by atoms with Crippen LogP contribution in [0, 0.1) is 0 Å². The van der Waals surface area contributed by atoms with Gasteiger partial charge in [-0.25, -0.2) is 0 Å². The zero-order valence-electron chi connectivity index (χ0n) is 15.5. The van der Waals surface area contributed by atoms with Crippen LogP contribution in [0.5, 0.6) is 11.5 Å². The van der Waals surface area contributed by atoms with Crippen molar-refractivity contribution in [2.24, 2.45) is 0 Å². The third-order valence-electron chi connectivity index (χ3n) is 5.04. The van der Waals surface area contributed by atoms with E-state index >= 15 is 0 Å². The molecule has 7 nitrogen and oxygen atoms in total. The number of amides is 1. The van der Waals surface area contributed by atoms with Gasteiger partial charge in [0.2, 0.25) is 0 Å². The molecule has 1 aromatic heterocycles. The molecule has 2 aliphatic rings. The highest BCUT2D eigenvalue weighted by atomic mass is 16.5. The summed E-state index contributed by atoms with van der Waals surface area (Å²) in [6, 6.07) is 11.5. The van der Waals surface area contributed by atoms with Gasteiger partial charge in [-0.3, -0.25) is 4.79 Å². The minimum absolute atomic E-state index is 0.0102. The quantitative estimate of drug-likeness (QED) is 0.778. The molecule has 1 aromatic carbocycles. The molecule has 0 bridgehead atoms. The van der Waals surface area contributed by atoms with Crippen molar-refractivity contribution in [3.8, 4) is 11.5 Å². The number of benzene rings is 1. The van der Waals surface area contributed by atoms with Gasteiger partial charge in [-0.1, -0.05) is 12.1 Å². The summed E-state index contributed by atoms with van der Waals surface area (Å²) in [5.74, 6) is 2.69. The molecule has 2 heterocycles. The molecule has 7 heteroatoms. The maximum atomic E-state index is 12.5. The van der Waals surface area contributed by atoms with Gasteiger partial charge in [0.05, 0.1) is 12.8 Å². The second-order valence-corrected chi connectivity index (χ2v) is 6.90. The molecule has 1 amide bonds. The van der Waals surface area contributed by atoms with E-state index in [0.717, 1.165) is 24.6 Å². The molecule has 2 aromatic rings. The number of nitrogens with zero attached hydrogens (tertiary/aromatic N) is 4. The Morgan fingerprint density at radius 3 is 2.41 bits per heavy atom. The van der Waals surface area contributed by atoms with Crippen LogP contribution in [0.4, 0.5) is 5.82 Å². The maximum absolute atomic E-state index is 12.5. The van der Waals surface area contributed by atoms with Crippen LogP contribution in [0.15, 0.2) is 36.4 Å². The van der Waals surface area contributed by atoms with E-state index in [1.165, 1.54) is 12.8 Å². The van der Waals surface area contributed by atoms with Gasteiger partial charge < -0.3 is 19.3 Å². The molecule has 1 saturated heterocycles. The number of ether oxygens (including phenoxy) is 2. The highest BCUT2D eigenvalue weighted by Crippen LogP contribution is 2.38. The lowest BCUT2D eigenvalue weighted by Gasteiger charge is -2.35. The molecule has 2 fully saturated rings. The van der Waals surface area contributed by atoms with E-state index in [2.05, 4.69) is 21.2 Å². The van der Waals surface area contributed by atoms with Crippen molar-refractivity contribution in [1.82, 2.24) is 15.1 Å². The summed E-state index contributed by atoms with van der Waals surface area (Å²) in [5.41, 5.74) is 1.10. The number of carbonyl (C=O) groups is 1. The highest BCUT2D eigenvalue weighted by Gasteiger charge is 2.26. The summed E-state index contributed by atoms with van der Waals surface area (Å²) in [5, 5.41) is 8.71. The molecule has 1 aliphatic carbocycles. The second kappa shape index (κ2) is 7.82. The number of aromatic nitrogens is 2. The van der Waals surface area contributed by atoms with Crippen molar-refractivity contribution in [2.75, 3.05) is 44.8 Å². The molecule has 1 saturated carbocycles. The Kier molecular flexibility index (Phi) is 5.09. The van der Waals surface area contributed by atoms with Gasteiger partial charge in [0, 0.05) is 32.1 Å². The van der Waals surface area contributed by atoms with Crippen molar-refractivity contribution in [3.05, 3.63) is 42.1 Å². The zero-order valence-corrected chi connectivity index (χ0v) is 15.5. The van der Waals surface area contributed by atoms with E-state index in [0.29, 0.717) is 30.5 Å². The Balaban J connectivity index is 1.27. The molecule has 0 radical (unpaired) electrons. The highest BCUT2D eigenvalue weighted by molar-refractivity contribution is 5.78. The van der Waals surface area contributed by atoms with Gasteiger partial charge in [0.25, 0.3) is 5.91 Å². The van der Waals surface area contributed by atoms with Crippen LogP contribution >= 0.6 is 0 Å². The summed E-state index contributed by atoms with van der Waals surface area (Å²) in [7, 11) is 1.59. The van der Waals surface area contributed by atoms with Crippen molar-refractivity contribution < 1.29 is 14.3 Å². The first-order chi connectivity index (χ1) is 13.2. The summed E-state index contributed by atoms with van der Waals surface area (Å²) in [6.07, 6.45) is 2.46. The number of anilines is 1. The van der Waals surface area contributed by atoms with E-state index in [-0.39, 0.29) is 12.5 Å². The molecule has 27 heavy (non-hydrogen) atoms. The Bertz CT molecular complexity index is 784. The lowest BCUT2D eigenvalue weighted by atomic mass is 10.2. The fourth-order valence-corrected chi connectivity index (χ4v) is 3.25. The summed E-state index contributed by atoms with van der Waals surface area (Å²) in [4.78, 5) is 16.5. The molecular weight excluding hydrogens is 344 g/mol. The normalized spacial score (nSPS) is 16.9. The topological polar surface area (TPSA) is 67.8 Å². The van der Waals surface area contributed by atoms with Crippen molar-refractivity contribution in [1.29, 1.82) is 0 Å². The standard InChI is InChI=1S/C20H24N4O3/c1-26-17-4-2-3-5-18(17)27-14-20(25)24-12-10-23(11-13-24)19-9-8-16(21-22-19)15-6-7-15/h2-5,8-9,15H,6-7,10-14H2,1H3. The van der Waals surface area contributed by atoms with Crippen LogP contribution in [0.1, 0.15) is 24.5 Å². The molecule has 4 rings (SSSR count). The van der Waals surface area contributed by atoms with Gasteiger partial charge in [-0.2, -0.15) is 5.10 Å². The van der Waals surface area contributed by atoms with E-state index in [4.69, 9.17) is 9.47 Å². The van der Waals surface area contributed by atoms with E-state index in [9.17, 15) is 4.79 Å². The Hall–Kier alpha value is -2.83. The zero-order chi connectivity index (χ0) is 18.6. The molecule has 1 aliphatic heterocycles. The summed E-state index contributed by atoms with van der Waals surface area (Å²) < 4.78 is 10.9. The fourth-order valence-electron chi connectivity index (χ4n) is 3.25. The minimum Gasteiger partial charge on any atom is -0.493 e. The largest absolute Gasteiger partial charge is 0.493 e. The van der Waals surface area contributed by atoms with Crippen LogP contribution < -0.4 is 14.4 Å². The number of hydrogen-bond acceptors (Lipinski definition) is 6. The van der Waals surface area contributed by atoms with E-state index in [1.807, 2.05) is 29.2 Å². The number of hydrogen-bond donors (Lipinski definition) is 0. The van der Waals surface area contributed by atoms with Crippen LogP contribution in [0.3, 0.4) is 0 Å². The molecule has 0 N–H and O–H groups in total. The Morgan fingerprint density at radius 1 is 1.04 bits per heavy atom. The maximum Gasteiger partial charge on any atom is 0.260 e. The molecular formula is C20H24N4O3. The number of para-hydroxylation sites is 2. The second-order valence-electron chi connectivity index (χ2n) is 6.90. The van der Waals surface area contributed by atoms with Crippen molar-refractivity contribution in [2.45, 2.75) is 18.8 Å². The number of rotatable bonds is 6. The smallest absolute Gasteiger partial charge is 0.260 e. The molecule has 0 atom stereocenters. The monoisotopic (exact) mass is 368 g/mol. The first kappa shape index (κ1) is 17.6. The first-order valence-corrected chi connectivity index (χ1v) is 9.37. The number of methoxy groups -OCH3 is 1. The van der Waals surface area contributed by atoms with Crippen LogP contribution in [0.25, 0.3) is 0 Å². The Morgan fingerprint density at radius 2 is 1.78 bits per heavy atom. The SMILES string of the molecule is COc1ccccc1OCC(=O)N1CCN(c2ccc(C3CC3)nn2)CC1. The van der Waals surface area contributed by atoms with Gasteiger partial charge in [-0.05, 0) is 37.1 Å². The predicted molar refractivity (Wildman–Crippen MR) is 101 cm³/mol. The summed E-state index contributed by atoms with van der Waals surface area (Å²) in [6.45, 7) is 2.81. The van der Waals surface area contributed by atoms with E-state index < -0.39 is 0 Å². The van der Waals surface area contributed by atoms with Crippen molar-refractivity contribution in [3.63, 3.8) is 0 Å². The molecule has 0 unspecified atom stereocenters. The molecule has 142 valence electrons. The lowest BCUT2D eigenvalue weighted by molar-refractivity contribution is -0.133. The average Bonchev–Trinajstić information content (AvgIpc) is 3.58.